The lowest BCUT2D eigenvalue weighted by atomic mass is 10.3. The van der Waals surface area contributed by atoms with Crippen LogP contribution in [0, 0.1) is 0 Å². The molecule has 0 atom stereocenters. The average molecular weight is 387 g/mol. The van der Waals surface area contributed by atoms with Gasteiger partial charge in [-0.3, -0.25) is 4.98 Å². The van der Waals surface area contributed by atoms with Crippen molar-refractivity contribution in [1.82, 2.24) is 9.71 Å². The number of aromatic nitrogens is 1. The first-order valence-electron chi connectivity index (χ1n) is 6.29. The molecule has 0 amide bonds. The molecule has 0 radical (unpaired) electrons. The second kappa shape index (κ2) is 7.08. The normalized spacial score (nSPS) is 11.2. The van der Waals surface area contributed by atoms with Crippen molar-refractivity contribution in [3.8, 4) is 11.5 Å². The summed E-state index contributed by atoms with van der Waals surface area (Å²) in [5.74, 6) is 0.780. The highest BCUT2D eigenvalue weighted by Gasteiger charge is 2.21. The topological polar surface area (TPSA) is 77.5 Å². The molecule has 0 aliphatic carbocycles. The third kappa shape index (κ3) is 3.76. The summed E-state index contributed by atoms with van der Waals surface area (Å²) in [5.41, 5.74) is 0.627. The van der Waals surface area contributed by atoms with Gasteiger partial charge in [0.25, 0.3) is 0 Å². The van der Waals surface area contributed by atoms with E-state index in [0.29, 0.717) is 21.7 Å². The largest absolute Gasteiger partial charge is 0.493 e. The highest BCUT2D eigenvalue weighted by atomic mass is 79.9. The molecule has 0 spiro atoms. The van der Waals surface area contributed by atoms with E-state index < -0.39 is 10.0 Å². The van der Waals surface area contributed by atoms with Crippen LogP contribution in [0.3, 0.4) is 0 Å². The van der Waals surface area contributed by atoms with E-state index in [9.17, 15) is 8.42 Å². The maximum Gasteiger partial charge on any atom is 0.242 e. The summed E-state index contributed by atoms with van der Waals surface area (Å²) in [6.07, 6.45) is 1.61. The Kier molecular flexibility index (Phi) is 5.38. The number of benzene rings is 1. The van der Waals surface area contributed by atoms with E-state index in [1.165, 1.54) is 20.3 Å². The number of ether oxygens (including phenoxy) is 2. The zero-order chi connectivity index (χ0) is 16.2. The second-order valence-corrected chi connectivity index (χ2v) is 6.87. The molecule has 0 bridgehead atoms. The first kappa shape index (κ1) is 16.7. The van der Waals surface area contributed by atoms with Gasteiger partial charge < -0.3 is 9.47 Å². The van der Waals surface area contributed by atoms with E-state index in [2.05, 4.69) is 25.6 Å². The standard InChI is InChI=1S/C14H15BrN2O4S/c1-20-12-7-11(15)14(8-13(12)21-2)22(18,19)17-9-10-5-3-4-6-16-10/h3-8,17H,9H2,1-2H3. The number of hydrogen-bond acceptors (Lipinski definition) is 5. The zero-order valence-corrected chi connectivity index (χ0v) is 14.4. The fourth-order valence-electron chi connectivity index (χ4n) is 1.79. The van der Waals surface area contributed by atoms with Crippen molar-refractivity contribution in [2.45, 2.75) is 11.4 Å². The van der Waals surface area contributed by atoms with Crippen molar-refractivity contribution < 1.29 is 17.9 Å². The molecule has 0 saturated carbocycles. The van der Waals surface area contributed by atoms with Crippen molar-refractivity contribution in [3.63, 3.8) is 0 Å². The van der Waals surface area contributed by atoms with E-state index >= 15 is 0 Å². The van der Waals surface area contributed by atoms with Gasteiger partial charge in [-0.25, -0.2) is 13.1 Å². The number of hydrogen-bond donors (Lipinski definition) is 1. The van der Waals surface area contributed by atoms with Gasteiger partial charge >= 0.3 is 0 Å². The van der Waals surface area contributed by atoms with Crippen molar-refractivity contribution in [3.05, 3.63) is 46.7 Å². The first-order valence-corrected chi connectivity index (χ1v) is 8.56. The minimum Gasteiger partial charge on any atom is -0.493 e. The van der Waals surface area contributed by atoms with Gasteiger partial charge in [0, 0.05) is 16.7 Å². The minimum absolute atomic E-state index is 0.0704. The van der Waals surface area contributed by atoms with Crippen LogP contribution in [-0.4, -0.2) is 27.6 Å². The van der Waals surface area contributed by atoms with Crippen LogP contribution in [0.4, 0.5) is 0 Å². The van der Waals surface area contributed by atoms with Crippen LogP contribution in [-0.2, 0) is 16.6 Å². The van der Waals surface area contributed by atoms with E-state index in [1.807, 2.05) is 0 Å². The third-order valence-electron chi connectivity index (χ3n) is 2.90. The monoisotopic (exact) mass is 386 g/mol. The maximum atomic E-state index is 12.4. The number of rotatable bonds is 6. The van der Waals surface area contributed by atoms with Gasteiger partial charge in [0.15, 0.2) is 11.5 Å². The lowest BCUT2D eigenvalue weighted by Crippen LogP contribution is -2.24. The fraction of sp³-hybridized carbons (Fsp3) is 0.214. The van der Waals surface area contributed by atoms with E-state index in [1.54, 1.807) is 30.5 Å². The molecule has 0 aliphatic rings. The maximum absolute atomic E-state index is 12.4. The van der Waals surface area contributed by atoms with E-state index in [0.717, 1.165) is 0 Å². The Morgan fingerprint density at radius 2 is 1.86 bits per heavy atom. The summed E-state index contributed by atoms with van der Waals surface area (Å²) in [5, 5.41) is 0. The highest BCUT2D eigenvalue weighted by Crippen LogP contribution is 2.35. The number of methoxy groups -OCH3 is 2. The quantitative estimate of drug-likeness (QED) is 0.824. The number of sulfonamides is 1. The molecule has 1 heterocycles. The number of pyridine rings is 1. The number of nitrogens with one attached hydrogen (secondary N) is 1. The van der Waals surface area contributed by atoms with Crippen molar-refractivity contribution in [2.75, 3.05) is 14.2 Å². The molecule has 22 heavy (non-hydrogen) atoms. The lowest BCUT2D eigenvalue weighted by molar-refractivity contribution is 0.353. The van der Waals surface area contributed by atoms with Crippen LogP contribution >= 0.6 is 15.9 Å². The SMILES string of the molecule is COc1cc(Br)c(S(=O)(=O)NCc2ccccn2)cc1OC. The van der Waals surface area contributed by atoms with Crippen molar-refractivity contribution in [2.24, 2.45) is 0 Å². The Morgan fingerprint density at radius 1 is 1.18 bits per heavy atom. The molecule has 0 unspecified atom stereocenters. The Labute approximate surface area is 137 Å². The predicted octanol–water partition coefficient (Wildman–Crippen LogP) is 2.34. The summed E-state index contributed by atoms with van der Waals surface area (Å²) in [4.78, 5) is 4.15. The molecule has 0 saturated heterocycles. The Balaban J connectivity index is 2.29. The highest BCUT2D eigenvalue weighted by molar-refractivity contribution is 9.10. The predicted molar refractivity (Wildman–Crippen MR) is 85.5 cm³/mol. The van der Waals surface area contributed by atoms with Gasteiger partial charge in [-0.05, 0) is 34.1 Å². The van der Waals surface area contributed by atoms with Gasteiger partial charge in [0.05, 0.1) is 26.5 Å². The van der Waals surface area contributed by atoms with E-state index in [-0.39, 0.29) is 11.4 Å². The molecule has 2 rings (SSSR count). The summed E-state index contributed by atoms with van der Waals surface area (Å²) in [6, 6.07) is 8.26. The number of nitrogens with zero attached hydrogens (tertiary/aromatic N) is 1. The van der Waals surface area contributed by atoms with Gasteiger partial charge in [-0.2, -0.15) is 0 Å². The van der Waals surface area contributed by atoms with Gasteiger partial charge in [-0.1, -0.05) is 6.07 Å². The smallest absolute Gasteiger partial charge is 0.242 e. The summed E-state index contributed by atoms with van der Waals surface area (Å²) < 4.78 is 38.0. The van der Waals surface area contributed by atoms with Crippen LogP contribution in [0.1, 0.15) is 5.69 Å². The van der Waals surface area contributed by atoms with Gasteiger partial charge in [-0.15, -0.1) is 0 Å². The van der Waals surface area contributed by atoms with Crippen molar-refractivity contribution >= 4 is 26.0 Å². The zero-order valence-electron chi connectivity index (χ0n) is 12.0. The van der Waals surface area contributed by atoms with Crippen LogP contribution < -0.4 is 14.2 Å². The van der Waals surface area contributed by atoms with Gasteiger partial charge in [0.1, 0.15) is 4.90 Å². The Hall–Kier alpha value is -1.64. The van der Waals surface area contributed by atoms with E-state index in [4.69, 9.17) is 9.47 Å². The van der Waals surface area contributed by atoms with Gasteiger partial charge in [0.2, 0.25) is 10.0 Å². The summed E-state index contributed by atoms with van der Waals surface area (Å²) in [6.45, 7) is 0.101. The molecule has 0 fully saturated rings. The van der Waals surface area contributed by atoms with Crippen LogP contribution in [0.25, 0.3) is 0 Å². The fourth-order valence-corrected chi connectivity index (χ4v) is 3.82. The molecule has 1 aromatic carbocycles. The molecular formula is C14H15BrN2O4S. The first-order chi connectivity index (χ1) is 10.5. The molecule has 2 aromatic rings. The second-order valence-electron chi connectivity index (χ2n) is 4.28. The average Bonchev–Trinajstić information content (AvgIpc) is 2.53. The minimum atomic E-state index is -3.72. The third-order valence-corrected chi connectivity index (χ3v) is 5.26. The molecule has 6 nitrogen and oxygen atoms in total. The molecule has 1 N–H and O–H groups in total. The van der Waals surface area contributed by atoms with Crippen LogP contribution in [0.15, 0.2) is 45.9 Å². The molecule has 1 aromatic heterocycles. The molecule has 118 valence electrons. The lowest BCUT2D eigenvalue weighted by Gasteiger charge is -2.13. The summed E-state index contributed by atoms with van der Waals surface area (Å²) in [7, 11) is -0.787. The molecule has 8 heteroatoms. The van der Waals surface area contributed by atoms with Crippen LogP contribution in [0.2, 0.25) is 0 Å². The molecular weight excluding hydrogens is 372 g/mol. The Morgan fingerprint density at radius 3 is 2.45 bits per heavy atom. The Bertz CT molecular complexity index is 751. The number of halogens is 1. The van der Waals surface area contributed by atoms with Crippen LogP contribution in [0.5, 0.6) is 11.5 Å². The summed E-state index contributed by atoms with van der Waals surface area (Å²) >= 11 is 3.24. The van der Waals surface area contributed by atoms with Crippen molar-refractivity contribution in [1.29, 1.82) is 0 Å². The molecule has 0 aliphatic heterocycles.